The lowest BCUT2D eigenvalue weighted by Crippen LogP contribution is -1.97. The minimum absolute atomic E-state index is 0.546. The molecule has 0 unspecified atom stereocenters. The number of H-pyrrole nitrogens is 1. The first kappa shape index (κ1) is 16.2. The van der Waals surface area contributed by atoms with E-state index >= 15 is 0 Å². The van der Waals surface area contributed by atoms with E-state index in [0.29, 0.717) is 23.0 Å². The lowest BCUT2D eigenvalue weighted by molar-refractivity contribution is 0.328. The van der Waals surface area contributed by atoms with E-state index in [1.807, 2.05) is 39.8 Å². The van der Waals surface area contributed by atoms with Crippen LogP contribution in [-0.4, -0.2) is 26.8 Å². The van der Waals surface area contributed by atoms with Gasteiger partial charge in [-0.1, -0.05) is 25.4 Å². The molecule has 3 aromatic heterocycles. The quantitative estimate of drug-likeness (QED) is 0.777. The molecule has 0 aliphatic heterocycles. The molecule has 0 saturated heterocycles. The molecule has 0 amide bonds. The standard InChI is InChI=1S/C14H13ClN4O.C2H6/c1-3-20-14-9(5-4-6-16-14)11-7-10(15)13-12(17-11)8(2)18-19-13;1-2/h4-7H,3H2,1-2H3,(H,18,19);1-2H3. The van der Waals surface area contributed by atoms with Gasteiger partial charge in [0, 0.05) is 6.20 Å². The van der Waals surface area contributed by atoms with Crippen molar-refractivity contribution < 1.29 is 4.74 Å². The van der Waals surface area contributed by atoms with Crippen LogP contribution in [0, 0.1) is 6.92 Å². The van der Waals surface area contributed by atoms with Crippen molar-refractivity contribution in [3.05, 3.63) is 35.1 Å². The molecule has 116 valence electrons. The van der Waals surface area contributed by atoms with Crippen molar-refractivity contribution in [1.82, 2.24) is 20.2 Å². The van der Waals surface area contributed by atoms with Crippen LogP contribution in [0.25, 0.3) is 22.3 Å². The van der Waals surface area contributed by atoms with Gasteiger partial charge in [0.05, 0.1) is 28.6 Å². The Labute approximate surface area is 134 Å². The molecule has 0 saturated carbocycles. The van der Waals surface area contributed by atoms with Gasteiger partial charge in [0.2, 0.25) is 5.88 Å². The molecule has 3 heterocycles. The molecule has 0 radical (unpaired) electrons. The van der Waals surface area contributed by atoms with E-state index in [1.165, 1.54) is 0 Å². The summed E-state index contributed by atoms with van der Waals surface area (Å²) in [5.74, 6) is 0.555. The van der Waals surface area contributed by atoms with Gasteiger partial charge >= 0.3 is 0 Å². The molecule has 3 rings (SSSR count). The van der Waals surface area contributed by atoms with Crippen molar-refractivity contribution in [2.45, 2.75) is 27.7 Å². The number of fused-ring (bicyclic) bond motifs is 1. The lowest BCUT2D eigenvalue weighted by atomic mass is 10.1. The monoisotopic (exact) mass is 318 g/mol. The van der Waals surface area contributed by atoms with Gasteiger partial charge in [-0.15, -0.1) is 0 Å². The molecule has 3 aromatic rings. The molecule has 0 fully saturated rings. The van der Waals surface area contributed by atoms with Crippen LogP contribution in [0.5, 0.6) is 5.88 Å². The Balaban J connectivity index is 0.000000847. The summed E-state index contributed by atoms with van der Waals surface area (Å²) >= 11 is 6.27. The van der Waals surface area contributed by atoms with Gasteiger partial charge < -0.3 is 4.74 Å². The zero-order valence-electron chi connectivity index (χ0n) is 13.1. The molecule has 22 heavy (non-hydrogen) atoms. The number of rotatable bonds is 3. The molecular weight excluding hydrogens is 300 g/mol. The average Bonchev–Trinajstić information content (AvgIpc) is 2.92. The van der Waals surface area contributed by atoms with E-state index in [4.69, 9.17) is 16.3 Å². The van der Waals surface area contributed by atoms with Crippen LogP contribution in [0.4, 0.5) is 0 Å². The van der Waals surface area contributed by atoms with E-state index in [-0.39, 0.29) is 0 Å². The smallest absolute Gasteiger partial charge is 0.222 e. The highest BCUT2D eigenvalue weighted by Crippen LogP contribution is 2.31. The van der Waals surface area contributed by atoms with Crippen molar-refractivity contribution in [2.24, 2.45) is 0 Å². The van der Waals surface area contributed by atoms with Crippen molar-refractivity contribution in [2.75, 3.05) is 6.61 Å². The van der Waals surface area contributed by atoms with Crippen LogP contribution < -0.4 is 4.74 Å². The fourth-order valence-electron chi connectivity index (χ4n) is 2.04. The highest BCUT2D eigenvalue weighted by Gasteiger charge is 2.14. The number of nitrogens with one attached hydrogen (secondary N) is 1. The third kappa shape index (κ3) is 3.04. The minimum Gasteiger partial charge on any atom is -0.477 e. The maximum absolute atomic E-state index is 6.27. The molecular formula is C16H19ClN4O. The molecule has 1 N–H and O–H groups in total. The normalized spacial score (nSPS) is 10.2. The summed E-state index contributed by atoms with van der Waals surface area (Å²) in [7, 11) is 0. The van der Waals surface area contributed by atoms with E-state index in [0.717, 1.165) is 22.5 Å². The zero-order valence-corrected chi connectivity index (χ0v) is 13.9. The molecule has 0 aromatic carbocycles. The Kier molecular flexibility index (Phi) is 5.33. The average molecular weight is 319 g/mol. The Morgan fingerprint density at radius 3 is 2.77 bits per heavy atom. The molecule has 0 bridgehead atoms. The Bertz CT molecular complexity index is 770. The topological polar surface area (TPSA) is 63.7 Å². The predicted molar refractivity (Wildman–Crippen MR) is 89.4 cm³/mol. The second kappa shape index (κ2) is 7.22. The molecule has 0 aliphatic carbocycles. The van der Waals surface area contributed by atoms with Crippen LogP contribution in [-0.2, 0) is 0 Å². The highest BCUT2D eigenvalue weighted by atomic mass is 35.5. The number of aromatic nitrogens is 4. The maximum Gasteiger partial charge on any atom is 0.222 e. The van der Waals surface area contributed by atoms with Crippen molar-refractivity contribution in [3.8, 4) is 17.1 Å². The van der Waals surface area contributed by atoms with Crippen LogP contribution in [0.15, 0.2) is 24.4 Å². The van der Waals surface area contributed by atoms with Crippen LogP contribution in [0.1, 0.15) is 26.5 Å². The number of hydrogen-bond acceptors (Lipinski definition) is 4. The lowest BCUT2D eigenvalue weighted by Gasteiger charge is -2.08. The van der Waals surface area contributed by atoms with Gasteiger partial charge in [-0.2, -0.15) is 5.10 Å². The summed E-state index contributed by atoms with van der Waals surface area (Å²) in [5, 5.41) is 7.59. The van der Waals surface area contributed by atoms with Gasteiger partial charge in [-0.25, -0.2) is 9.97 Å². The van der Waals surface area contributed by atoms with E-state index in [9.17, 15) is 0 Å². The number of nitrogens with zero attached hydrogens (tertiary/aromatic N) is 3. The molecule has 6 heteroatoms. The van der Waals surface area contributed by atoms with Gasteiger partial charge in [-0.05, 0) is 32.0 Å². The first-order valence-electron chi connectivity index (χ1n) is 7.30. The molecule has 0 aliphatic rings. The largest absolute Gasteiger partial charge is 0.477 e. The van der Waals surface area contributed by atoms with E-state index in [2.05, 4.69) is 20.2 Å². The second-order valence-electron chi connectivity index (χ2n) is 4.32. The zero-order chi connectivity index (χ0) is 16.1. The second-order valence-corrected chi connectivity index (χ2v) is 4.73. The number of ether oxygens (including phenoxy) is 1. The Morgan fingerprint density at radius 2 is 2.05 bits per heavy atom. The SMILES string of the molecule is CC.CCOc1ncccc1-c1cc(Cl)c2n[nH]c(C)c2n1. The van der Waals surface area contributed by atoms with E-state index < -0.39 is 0 Å². The number of aromatic amines is 1. The summed E-state index contributed by atoms with van der Waals surface area (Å²) in [6.45, 7) is 8.38. The van der Waals surface area contributed by atoms with Gasteiger partial charge in [0.25, 0.3) is 0 Å². The number of aryl methyl sites for hydroxylation is 1. The summed E-state index contributed by atoms with van der Waals surface area (Å²) in [4.78, 5) is 8.85. The van der Waals surface area contributed by atoms with Gasteiger partial charge in [0.1, 0.15) is 11.0 Å². The van der Waals surface area contributed by atoms with Gasteiger partial charge in [0.15, 0.2) is 0 Å². The third-order valence-corrected chi connectivity index (χ3v) is 3.25. The Hall–Kier alpha value is -2.14. The summed E-state index contributed by atoms with van der Waals surface area (Å²) in [6, 6.07) is 5.54. The minimum atomic E-state index is 0.546. The van der Waals surface area contributed by atoms with Crippen molar-refractivity contribution >= 4 is 22.6 Å². The van der Waals surface area contributed by atoms with Gasteiger partial charge in [-0.3, -0.25) is 5.10 Å². The Morgan fingerprint density at radius 1 is 1.27 bits per heavy atom. The fraction of sp³-hybridized carbons (Fsp3) is 0.312. The van der Waals surface area contributed by atoms with E-state index in [1.54, 1.807) is 12.3 Å². The first-order chi connectivity index (χ1) is 10.7. The molecule has 0 atom stereocenters. The van der Waals surface area contributed by atoms with Crippen LogP contribution >= 0.6 is 11.6 Å². The van der Waals surface area contributed by atoms with Crippen LogP contribution in [0.3, 0.4) is 0 Å². The predicted octanol–water partition coefficient (Wildman–Crippen LogP) is 4.41. The van der Waals surface area contributed by atoms with Crippen molar-refractivity contribution in [3.63, 3.8) is 0 Å². The van der Waals surface area contributed by atoms with Crippen molar-refractivity contribution in [1.29, 1.82) is 0 Å². The number of halogens is 1. The molecule has 5 nitrogen and oxygen atoms in total. The summed E-state index contributed by atoms with van der Waals surface area (Å²) < 4.78 is 5.54. The summed E-state index contributed by atoms with van der Waals surface area (Å²) in [5.41, 5.74) is 3.86. The summed E-state index contributed by atoms with van der Waals surface area (Å²) in [6.07, 6.45) is 1.69. The maximum atomic E-state index is 6.27. The third-order valence-electron chi connectivity index (χ3n) is 2.97. The number of hydrogen-bond donors (Lipinski definition) is 1. The first-order valence-corrected chi connectivity index (χ1v) is 7.68. The number of pyridine rings is 2. The highest BCUT2D eigenvalue weighted by molar-refractivity contribution is 6.35. The fourth-order valence-corrected chi connectivity index (χ4v) is 2.28. The van der Waals surface area contributed by atoms with Crippen LogP contribution in [0.2, 0.25) is 5.02 Å². The molecule has 0 spiro atoms.